The van der Waals surface area contributed by atoms with Gasteiger partial charge in [-0.2, -0.15) is 0 Å². The number of ether oxygens (including phenoxy) is 3. The molecule has 4 amide bonds. The molecule has 7 fully saturated rings. The molecule has 22 atom stereocenters. The molecule has 2 aromatic carbocycles. The number of rotatable bonds is 2. The molecule has 12 heteroatoms. The topological polar surface area (TPSA) is 160 Å². The number of imide groups is 2. The molecule has 7 heterocycles. The van der Waals surface area contributed by atoms with Crippen molar-refractivity contribution in [3.63, 3.8) is 0 Å². The van der Waals surface area contributed by atoms with Gasteiger partial charge in [-0.05, 0) is 67.1 Å². The smallest absolute Gasteiger partial charge is 0.412 e. The van der Waals surface area contributed by atoms with Gasteiger partial charge in [0.05, 0.1) is 5.92 Å². The summed E-state index contributed by atoms with van der Waals surface area (Å²) in [5.41, 5.74) is 4.58. The molecular formula is C65H81HgN2O9. The molecule has 407 valence electrons. The zero-order valence-electron chi connectivity index (χ0n) is 47.3. The Morgan fingerprint density at radius 2 is 1.21 bits per heavy atom. The van der Waals surface area contributed by atoms with Crippen LogP contribution in [0.2, 0.25) is 3.93 Å². The molecule has 0 radical (unpaired) electrons. The minimum atomic E-state index is -0.976. The maximum Gasteiger partial charge on any atom is -0.412 e. The summed E-state index contributed by atoms with van der Waals surface area (Å²) in [5, 5.41) is 2.67. The summed E-state index contributed by atoms with van der Waals surface area (Å²) in [7, 11) is 1.52. The molecule has 3 saturated heterocycles. The van der Waals surface area contributed by atoms with Gasteiger partial charge >= 0.3 is 243 Å². The van der Waals surface area contributed by atoms with E-state index in [2.05, 4.69) is 118 Å². The van der Waals surface area contributed by atoms with Crippen molar-refractivity contribution >= 4 is 29.4 Å². The Hall–Kier alpha value is -4.35. The molecule has 3 N–H and O–H groups in total. The number of carbonyl (C=O) groups is 5. The summed E-state index contributed by atoms with van der Waals surface area (Å²) in [6.45, 7) is 27.7. The number of ketones is 1. The van der Waals surface area contributed by atoms with Crippen molar-refractivity contribution in [1.82, 2.24) is 10.2 Å². The molecule has 13 aliphatic rings. The Kier molecular flexibility index (Phi) is 13.4. The predicted octanol–water partition coefficient (Wildman–Crippen LogP) is 10.1. The first-order valence-corrected chi connectivity index (χ1v) is 32.8. The van der Waals surface area contributed by atoms with Crippen molar-refractivity contribution in [1.29, 1.82) is 0 Å². The third kappa shape index (κ3) is 7.83. The number of benzene rings is 2. The Labute approximate surface area is 472 Å². The molecule has 4 bridgehead atoms. The van der Waals surface area contributed by atoms with Crippen LogP contribution < -0.4 is 14.8 Å². The summed E-state index contributed by atoms with van der Waals surface area (Å²) in [5.74, 6) is 2.31. The summed E-state index contributed by atoms with van der Waals surface area (Å²) in [4.78, 5) is 69.6. The van der Waals surface area contributed by atoms with Crippen LogP contribution in [0.1, 0.15) is 106 Å². The van der Waals surface area contributed by atoms with E-state index in [4.69, 9.17) is 14.2 Å². The van der Waals surface area contributed by atoms with Gasteiger partial charge in [0, 0.05) is 30.2 Å². The van der Waals surface area contributed by atoms with Crippen LogP contribution in [0.3, 0.4) is 0 Å². The average Bonchev–Trinajstić information content (AvgIpc) is 4.17. The average molecular weight is 1230 g/mol. The van der Waals surface area contributed by atoms with Gasteiger partial charge < -0.3 is 10.2 Å². The predicted molar refractivity (Wildman–Crippen MR) is 289 cm³/mol. The maximum atomic E-state index is 14.9. The van der Waals surface area contributed by atoms with Gasteiger partial charge in [-0.1, -0.05) is 57.6 Å². The number of hydrogen-bond donors (Lipinski definition) is 1. The van der Waals surface area contributed by atoms with Crippen LogP contribution in [0.25, 0.3) is 0 Å². The molecule has 77 heavy (non-hydrogen) atoms. The fourth-order valence-corrected chi connectivity index (χ4v) is 23.6. The quantitative estimate of drug-likeness (QED) is 0.135. The molecule has 15 rings (SSSR count). The number of allylic oxidation sites excluding steroid dienone is 5. The number of hydrogen-bond acceptors (Lipinski definition) is 8. The maximum absolute atomic E-state index is 14.9. The summed E-state index contributed by atoms with van der Waals surface area (Å²) < 4.78 is 22.1. The first-order chi connectivity index (χ1) is 36.0. The van der Waals surface area contributed by atoms with Gasteiger partial charge in [0.15, 0.2) is 5.78 Å². The molecule has 22 unspecified atom stereocenters. The third-order valence-corrected chi connectivity index (χ3v) is 24.6. The minimum absolute atomic E-state index is 0. The largest absolute Gasteiger partial charge is 0.412 e. The normalized spacial score (nSPS) is 46.6. The van der Waals surface area contributed by atoms with E-state index in [1.807, 2.05) is 30.3 Å². The molecule has 0 aromatic heterocycles. The summed E-state index contributed by atoms with van der Waals surface area (Å²) in [6.07, 6.45) is 12.1. The van der Waals surface area contributed by atoms with Crippen LogP contribution in [-0.4, -0.2) is 65.1 Å². The van der Waals surface area contributed by atoms with E-state index in [0.29, 0.717) is 80.0 Å². The van der Waals surface area contributed by atoms with Gasteiger partial charge in [-0.3, -0.25) is 19.3 Å². The second-order valence-corrected chi connectivity index (χ2v) is 29.8. The van der Waals surface area contributed by atoms with Crippen molar-refractivity contribution in [2.75, 3.05) is 7.05 Å². The number of carbonyl (C=O) groups excluding carboxylic acids is 5. The monoisotopic (exact) mass is 1240 g/mol. The second-order valence-electron chi connectivity index (χ2n) is 27.5. The number of nitrogens with one attached hydrogen (secondary N) is 1. The minimum Gasteiger partial charge on any atom is -0.412 e. The standard InChI is InChI=1S/C33H41NO4.C32H38NO4.Hg.H2O/c1-8-32(5)16-19(4)25-24-27(32)28(35)23-22(30(36)34(7)31(23)37)14-20-9-11-21(12-10-20)38-29(24)26-18(3)13-17(2)15-33(25,26)6;1-15-11-16(2)25-28-23-24(32(25,6)13-15)17(3)14-31(5)18(4)36-27(26(23)31)22-21(29(34)33-30(22)35)12-19-7-9-20(37-28)10-8-19;;/h8-12,16-18,22-27,29H,1,13-15H2,2-7H3;7-10,14-16,18,21,23-26,28H,4,11-13H2,1-3,5-6H3,(H,33,34,35);;1H2/b;27-22-;;. The molecule has 0 spiro atoms. The number of fused-ring (bicyclic) bond motifs is 8. The van der Waals surface area contributed by atoms with Crippen molar-refractivity contribution in [2.24, 2.45) is 110 Å². The zero-order chi connectivity index (χ0) is 54.0. The van der Waals surface area contributed by atoms with Gasteiger partial charge in [-0.15, -0.1) is 6.58 Å². The van der Waals surface area contributed by atoms with Crippen LogP contribution in [0.5, 0.6) is 11.5 Å². The zero-order valence-corrected chi connectivity index (χ0v) is 52.8. The number of amides is 4. The van der Waals surface area contributed by atoms with Crippen LogP contribution in [-0.2, 0) is 67.7 Å². The number of Topliss-reactive ketones (excluding diaryl/α,β-unsaturated/α-hetero) is 1. The first-order valence-electron chi connectivity index (χ1n) is 28.9. The Morgan fingerprint density at radius 1 is 0.701 bits per heavy atom. The van der Waals surface area contributed by atoms with E-state index in [1.54, 1.807) is 0 Å². The molecule has 6 aliphatic carbocycles. The fraction of sp³-hybridized carbons (Fsp3) is 0.615. The van der Waals surface area contributed by atoms with Crippen molar-refractivity contribution < 1.29 is 69.8 Å². The van der Waals surface area contributed by atoms with Crippen LogP contribution in [0.4, 0.5) is 0 Å². The van der Waals surface area contributed by atoms with Crippen LogP contribution in [0, 0.1) is 110 Å². The Bertz CT molecular complexity index is 2930. The molecule has 11 nitrogen and oxygen atoms in total. The number of likely N-dealkylation sites (tertiary alicyclic amines) is 1. The van der Waals surface area contributed by atoms with Crippen molar-refractivity contribution in [3.05, 3.63) is 107 Å². The van der Waals surface area contributed by atoms with Crippen LogP contribution in [0.15, 0.2) is 95.8 Å². The van der Waals surface area contributed by atoms with Crippen molar-refractivity contribution in [2.45, 2.75) is 130 Å². The third-order valence-electron chi connectivity index (χ3n) is 22.6. The Balaban J connectivity index is 0.000000162. The van der Waals surface area contributed by atoms with E-state index >= 15 is 0 Å². The fourth-order valence-electron chi connectivity index (χ4n) is 20.7. The van der Waals surface area contributed by atoms with Crippen LogP contribution >= 0.6 is 0 Å². The van der Waals surface area contributed by atoms with Gasteiger partial charge in [-0.25, -0.2) is 0 Å². The van der Waals surface area contributed by atoms with Gasteiger partial charge in [0.1, 0.15) is 17.8 Å². The number of nitrogens with zero attached hydrogens (tertiary/aromatic N) is 1. The van der Waals surface area contributed by atoms with E-state index < -0.39 is 29.1 Å². The van der Waals surface area contributed by atoms with Gasteiger partial charge in [0.2, 0.25) is 11.8 Å². The molecule has 2 aromatic rings. The van der Waals surface area contributed by atoms with E-state index in [9.17, 15) is 24.0 Å². The molecular weight excluding hydrogens is 1150 g/mol. The van der Waals surface area contributed by atoms with E-state index in [-0.39, 0.29) is 99.0 Å². The summed E-state index contributed by atoms with van der Waals surface area (Å²) >= 11 is 0.547. The van der Waals surface area contributed by atoms with Crippen molar-refractivity contribution in [3.8, 4) is 11.5 Å². The Morgan fingerprint density at radius 3 is 1.73 bits per heavy atom. The molecule has 4 saturated carbocycles. The van der Waals surface area contributed by atoms with E-state index in [0.717, 1.165) is 45.2 Å². The van der Waals surface area contributed by atoms with E-state index in [1.165, 1.54) is 35.9 Å². The first kappa shape index (κ1) is 54.6. The second kappa shape index (κ2) is 18.9. The summed E-state index contributed by atoms with van der Waals surface area (Å²) in [6, 6.07) is 16.3. The van der Waals surface area contributed by atoms with Gasteiger partial charge in [0.25, 0.3) is 0 Å². The SMILES string of the molecule is C=CC1(C)C=C(C)C2C3C(Oc4ccc(cc4)CC4C(=O)N(C)C(=O)C4C(=O)C31)C1C(C)CC(C)CC21C.CC1=CC2(C)C([CH2][Hg])O/C3=C4\C(=O)NC(=O)C4Cc4ccc(cc4)OC4C(C32)C1C1(C)CC(C)CC(C)C41.O. The molecule has 7 aliphatic heterocycles.